The number of hydrogen-bond donors (Lipinski definition) is 2. The van der Waals surface area contributed by atoms with Crippen LogP contribution in [0.3, 0.4) is 0 Å². The fourth-order valence-corrected chi connectivity index (χ4v) is 2.61. The Labute approximate surface area is 103 Å². The monoisotopic (exact) mass is 234 g/mol. The van der Waals surface area contributed by atoms with E-state index in [1.54, 1.807) is 0 Å². The summed E-state index contributed by atoms with van der Waals surface area (Å²) in [5, 5.41) is 8.90. The molecule has 1 aromatic carbocycles. The Kier molecular flexibility index (Phi) is 4.40. The molecule has 3 heteroatoms. The van der Waals surface area contributed by atoms with Gasteiger partial charge >= 0.3 is 0 Å². The second kappa shape index (κ2) is 6.03. The van der Waals surface area contributed by atoms with Crippen LogP contribution in [-0.2, 0) is 6.54 Å². The van der Waals surface area contributed by atoms with Gasteiger partial charge in [-0.1, -0.05) is 12.1 Å². The molecule has 0 radical (unpaired) electrons. The standard InChI is InChI=1S/C14H22N2O/c15-13-7-5-12(6-8-13)11-16-9-1-3-14(16)4-2-10-17/h5-8,14,17H,1-4,9-11,15H2. The van der Waals surface area contributed by atoms with Crippen molar-refractivity contribution in [1.29, 1.82) is 0 Å². The smallest absolute Gasteiger partial charge is 0.0431 e. The number of benzene rings is 1. The van der Waals surface area contributed by atoms with Crippen LogP contribution in [-0.4, -0.2) is 29.2 Å². The lowest BCUT2D eigenvalue weighted by Gasteiger charge is -2.24. The summed E-state index contributed by atoms with van der Waals surface area (Å²) in [6.45, 7) is 2.50. The molecular weight excluding hydrogens is 212 g/mol. The normalized spacial score (nSPS) is 20.9. The van der Waals surface area contributed by atoms with Gasteiger partial charge in [-0.05, 0) is 49.9 Å². The molecule has 1 aromatic rings. The van der Waals surface area contributed by atoms with Crippen molar-refractivity contribution in [2.24, 2.45) is 0 Å². The van der Waals surface area contributed by atoms with Crippen LogP contribution in [0.25, 0.3) is 0 Å². The van der Waals surface area contributed by atoms with E-state index in [0.29, 0.717) is 12.6 Å². The van der Waals surface area contributed by atoms with Gasteiger partial charge in [0.15, 0.2) is 0 Å². The van der Waals surface area contributed by atoms with E-state index in [1.165, 1.54) is 24.9 Å². The molecule has 0 bridgehead atoms. The van der Waals surface area contributed by atoms with Crippen LogP contribution in [0.1, 0.15) is 31.2 Å². The summed E-state index contributed by atoms with van der Waals surface area (Å²) in [6, 6.07) is 8.80. The maximum atomic E-state index is 8.90. The number of hydrogen-bond acceptors (Lipinski definition) is 3. The van der Waals surface area contributed by atoms with E-state index in [0.717, 1.165) is 25.1 Å². The van der Waals surface area contributed by atoms with Crippen LogP contribution in [0.2, 0.25) is 0 Å². The molecule has 0 amide bonds. The number of nitrogens with two attached hydrogens (primary N) is 1. The highest BCUT2D eigenvalue weighted by atomic mass is 16.2. The van der Waals surface area contributed by atoms with E-state index in [4.69, 9.17) is 10.8 Å². The number of nitrogens with zero attached hydrogens (tertiary/aromatic N) is 1. The number of anilines is 1. The molecular formula is C14H22N2O. The summed E-state index contributed by atoms with van der Waals surface area (Å²) >= 11 is 0. The molecule has 1 unspecified atom stereocenters. The van der Waals surface area contributed by atoms with E-state index >= 15 is 0 Å². The topological polar surface area (TPSA) is 49.5 Å². The molecule has 94 valence electrons. The average Bonchev–Trinajstić information content (AvgIpc) is 2.77. The van der Waals surface area contributed by atoms with E-state index < -0.39 is 0 Å². The average molecular weight is 234 g/mol. The third-order valence-electron chi connectivity index (χ3n) is 3.56. The van der Waals surface area contributed by atoms with Crippen molar-refractivity contribution in [3.8, 4) is 0 Å². The SMILES string of the molecule is Nc1ccc(CN2CCCC2CCCO)cc1. The molecule has 0 spiro atoms. The van der Waals surface area contributed by atoms with Crippen molar-refractivity contribution in [2.75, 3.05) is 18.9 Å². The zero-order chi connectivity index (χ0) is 12.1. The van der Waals surface area contributed by atoms with Gasteiger partial charge in [-0.15, -0.1) is 0 Å². The fraction of sp³-hybridized carbons (Fsp3) is 0.571. The Bertz CT molecular complexity index is 337. The minimum atomic E-state index is 0.312. The van der Waals surface area contributed by atoms with Gasteiger partial charge < -0.3 is 10.8 Å². The van der Waals surface area contributed by atoms with E-state index in [2.05, 4.69) is 17.0 Å². The maximum absolute atomic E-state index is 8.90. The number of nitrogen functional groups attached to an aromatic ring is 1. The van der Waals surface area contributed by atoms with Crippen molar-refractivity contribution in [3.63, 3.8) is 0 Å². The molecule has 3 nitrogen and oxygen atoms in total. The Hall–Kier alpha value is -1.06. The molecule has 1 heterocycles. The first-order valence-electron chi connectivity index (χ1n) is 6.49. The Morgan fingerprint density at radius 3 is 2.76 bits per heavy atom. The minimum Gasteiger partial charge on any atom is -0.399 e. The van der Waals surface area contributed by atoms with Crippen LogP contribution in [0.4, 0.5) is 5.69 Å². The molecule has 1 aliphatic rings. The molecule has 2 rings (SSSR count). The van der Waals surface area contributed by atoms with Crippen molar-refractivity contribution < 1.29 is 5.11 Å². The van der Waals surface area contributed by atoms with Crippen LogP contribution in [0, 0.1) is 0 Å². The van der Waals surface area contributed by atoms with Crippen LogP contribution < -0.4 is 5.73 Å². The van der Waals surface area contributed by atoms with Gasteiger partial charge in [0.2, 0.25) is 0 Å². The lowest BCUT2D eigenvalue weighted by molar-refractivity contribution is 0.210. The Balaban J connectivity index is 1.90. The second-order valence-corrected chi connectivity index (χ2v) is 4.87. The molecule has 3 N–H and O–H groups in total. The van der Waals surface area contributed by atoms with Crippen LogP contribution in [0.5, 0.6) is 0 Å². The first kappa shape index (κ1) is 12.4. The molecule has 0 saturated carbocycles. The summed E-state index contributed by atoms with van der Waals surface area (Å²) in [5.74, 6) is 0. The summed E-state index contributed by atoms with van der Waals surface area (Å²) in [7, 11) is 0. The number of likely N-dealkylation sites (tertiary alicyclic amines) is 1. The van der Waals surface area contributed by atoms with E-state index in [9.17, 15) is 0 Å². The number of aliphatic hydroxyl groups excluding tert-OH is 1. The molecule has 1 fully saturated rings. The first-order valence-corrected chi connectivity index (χ1v) is 6.49. The third-order valence-corrected chi connectivity index (χ3v) is 3.56. The zero-order valence-corrected chi connectivity index (χ0v) is 10.3. The van der Waals surface area contributed by atoms with Gasteiger partial charge in [0.05, 0.1) is 0 Å². The predicted octanol–water partition coefficient (Wildman–Crippen LogP) is 2.01. The highest BCUT2D eigenvalue weighted by Gasteiger charge is 2.23. The summed E-state index contributed by atoms with van der Waals surface area (Å²) in [4.78, 5) is 2.53. The summed E-state index contributed by atoms with van der Waals surface area (Å²) in [6.07, 6.45) is 4.59. The fourth-order valence-electron chi connectivity index (χ4n) is 2.61. The molecule has 1 aliphatic heterocycles. The highest BCUT2D eigenvalue weighted by molar-refractivity contribution is 5.39. The van der Waals surface area contributed by atoms with E-state index in [-0.39, 0.29) is 0 Å². The Morgan fingerprint density at radius 2 is 2.06 bits per heavy atom. The van der Waals surface area contributed by atoms with Gasteiger partial charge in [-0.25, -0.2) is 0 Å². The lowest BCUT2D eigenvalue weighted by atomic mass is 10.1. The van der Waals surface area contributed by atoms with Crippen molar-refractivity contribution in [3.05, 3.63) is 29.8 Å². The lowest BCUT2D eigenvalue weighted by Crippen LogP contribution is -2.29. The molecule has 1 atom stereocenters. The zero-order valence-electron chi connectivity index (χ0n) is 10.3. The van der Waals surface area contributed by atoms with Crippen molar-refractivity contribution >= 4 is 5.69 Å². The number of rotatable bonds is 5. The predicted molar refractivity (Wildman–Crippen MR) is 70.6 cm³/mol. The highest BCUT2D eigenvalue weighted by Crippen LogP contribution is 2.23. The van der Waals surface area contributed by atoms with E-state index in [1.807, 2.05) is 12.1 Å². The van der Waals surface area contributed by atoms with Gasteiger partial charge in [-0.3, -0.25) is 4.90 Å². The minimum absolute atomic E-state index is 0.312. The molecule has 0 aliphatic carbocycles. The van der Waals surface area contributed by atoms with Crippen molar-refractivity contribution in [1.82, 2.24) is 4.90 Å². The van der Waals surface area contributed by atoms with Crippen LogP contribution in [0.15, 0.2) is 24.3 Å². The summed E-state index contributed by atoms with van der Waals surface area (Å²) in [5.41, 5.74) is 7.84. The van der Waals surface area contributed by atoms with Crippen LogP contribution >= 0.6 is 0 Å². The molecule has 1 saturated heterocycles. The van der Waals surface area contributed by atoms with Gasteiger partial charge in [0.25, 0.3) is 0 Å². The quantitative estimate of drug-likeness (QED) is 0.766. The van der Waals surface area contributed by atoms with Gasteiger partial charge in [0, 0.05) is 24.9 Å². The second-order valence-electron chi connectivity index (χ2n) is 4.87. The third kappa shape index (κ3) is 3.45. The largest absolute Gasteiger partial charge is 0.399 e. The van der Waals surface area contributed by atoms with Crippen molar-refractivity contribution in [2.45, 2.75) is 38.3 Å². The molecule has 0 aromatic heterocycles. The first-order chi connectivity index (χ1) is 8.29. The van der Waals surface area contributed by atoms with Gasteiger partial charge in [-0.2, -0.15) is 0 Å². The van der Waals surface area contributed by atoms with Gasteiger partial charge in [0.1, 0.15) is 0 Å². The summed E-state index contributed by atoms with van der Waals surface area (Å²) < 4.78 is 0. The molecule has 17 heavy (non-hydrogen) atoms. The number of aliphatic hydroxyl groups is 1. The maximum Gasteiger partial charge on any atom is 0.0431 e. The Morgan fingerprint density at radius 1 is 1.29 bits per heavy atom.